The van der Waals surface area contributed by atoms with E-state index in [1.807, 2.05) is 0 Å². The summed E-state index contributed by atoms with van der Waals surface area (Å²) in [5.74, 6) is -0.850. The van der Waals surface area contributed by atoms with Crippen LogP contribution in [0.1, 0.15) is 27.0 Å². The van der Waals surface area contributed by atoms with E-state index in [-0.39, 0.29) is 23.8 Å². The Balaban J connectivity index is 1.53. The Hall–Kier alpha value is -4.60. The van der Waals surface area contributed by atoms with Crippen LogP contribution in [0.5, 0.6) is 5.75 Å². The molecule has 0 saturated heterocycles. The predicted octanol–water partition coefficient (Wildman–Crippen LogP) is 2.31. The molecule has 10 nitrogen and oxygen atoms in total. The zero-order valence-electron chi connectivity index (χ0n) is 17.6. The van der Waals surface area contributed by atoms with Gasteiger partial charge in [-0.2, -0.15) is 4.98 Å². The Morgan fingerprint density at radius 1 is 1.15 bits per heavy atom. The lowest BCUT2D eigenvalue weighted by atomic mass is 10.0. The highest BCUT2D eigenvalue weighted by molar-refractivity contribution is 6.05. The molecule has 0 atom stereocenters. The van der Waals surface area contributed by atoms with Gasteiger partial charge in [-0.15, -0.1) is 0 Å². The van der Waals surface area contributed by atoms with Gasteiger partial charge in [-0.05, 0) is 41.3 Å². The lowest BCUT2D eigenvalue weighted by Crippen LogP contribution is -2.14. The van der Waals surface area contributed by atoms with Crippen LogP contribution in [0.15, 0.2) is 53.5 Å². The van der Waals surface area contributed by atoms with E-state index in [9.17, 15) is 14.4 Å². The molecular formula is C23H21N5O5. The largest absolute Gasteiger partial charge is 0.497 e. The highest BCUT2D eigenvalue weighted by Gasteiger charge is 2.14. The number of nitrogens with zero attached hydrogens (tertiary/aromatic N) is 1. The summed E-state index contributed by atoms with van der Waals surface area (Å²) < 4.78 is 5.18. The number of amides is 1. The summed E-state index contributed by atoms with van der Waals surface area (Å²) in [6, 6.07) is 11.7. The van der Waals surface area contributed by atoms with Crippen molar-refractivity contribution in [2.45, 2.75) is 12.8 Å². The van der Waals surface area contributed by atoms with Gasteiger partial charge in [0.1, 0.15) is 11.4 Å². The van der Waals surface area contributed by atoms with Crippen LogP contribution < -0.4 is 21.3 Å². The van der Waals surface area contributed by atoms with Crippen molar-refractivity contribution in [2.24, 2.45) is 0 Å². The predicted molar refractivity (Wildman–Crippen MR) is 123 cm³/mol. The molecule has 33 heavy (non-hydrogen) atoms. The molecule has 2 aromatic heterocycles. The van der Waals surface area contributed by atoms with Crippen LogP contribution in [-0.4, -0.2) is 39.0 Å². The van der Waals surface area contributed by atoms with Crippen molar-refractivity contribution in [1.82, 2.24) is 15.0 Å². The van der Waals surface area contributed by atoms with Gasteiger partial charge in [-0.25, -0.2) is 0 Å². The highest BCUT2D eigenvalue weighted by Crippen LogP contribution is 2.24. The molecule has 0 saturated carbocycles. The molecule has 2 aromatic carbocycles. The van der Waals surface area contributed by atoms with Crippen LogP contribution in [0.25, 0.3) is 11.0 Å². The molecule has 0 aliphatic heterocycles. The van der Waals surface area contributed by atoms with Crippen LogP contribution in [0, 0.1) is 0 Å². The average Bonchev–Trinajstić information content (AvgIpc) is 3.17. The molecule has 1 amide bonds. The van der Waals surface area contributed by atoms with Gasteiger partial charge < -0.3 is 25.9 Å². The van der Waals surface area contributed by atoms with Gasteiger partial charge in [-0.1, -0.05) is 18.2 Å². The number of aromatic amines is 2. The fourth-order valence-electron chi connectivity index (χ4n) is 3.56. The number of methoxy groups -OCH3 is 1. The van der Waals surface area contributed by atoms with E-state index in [0.717, 1.165) is 11.1 Å². The van der Waals surface area contributed by atoms with Crippen molar-refractivity contribution >= 4 is 34.5 Å². The highest BCUT2D eigenvalue weighted by atomic mass is 16.5. The summed E-state index contributed by atoms with van der Waals surface area (Å²) in [5, 5.41) is 12.3. The summed E-state index contributed by atoms with van der Waals surface area (Å²) >= 11 is 0. The zero-order valence-corrected chi connectivity index (χ0v) is 17.6. The second-order valence-corrected chi connectivity index (χ2v) is 7.41. The lowest BCUT2D eigenvalue weighted by molar-refractivity contribution is -0.136. The van der Waals surface area contributed by atoms with E-state index in [1.165, 1.54) is 7.11 Å². The van der Waals surface area contributed by atoms with Gasteiger partial charge in [0.25, 0.3) is 11.5 Å². The number of nitrogens with two attached hydrogens (primary N) is 1. The first-order chi connectivity index (χ1) is 15.8. The molecule has 6 N–H and O–H groups in total. The van der Waals surface area contributed by atoms with Gasteiger partial charge in [-0.3, -0.25) is 19.4 Å². The van der Waals surface area contributed by atoms with Crippen LogP contribution >= 0.6 is 0 Å². The molecule has 0 bridgehead atoms. The van der Waals surface area contributed by atoms with Crippen molar-refractivity contribution in [1.29, 1.82) is 0 Å². The third kappa shape index (κ3) is 4.69. The first-order valence-corrected chi connectivity index (χ1v) is 9.99. The second kappa shape index (κ2) is 8.87. The van der Waals surface area contributed by atoms with Gasteiger partial charge >= 0.3 is 5.97 Å². The van der Waals surface area contributed by atoms with Crippen molar-refractivity contribution in [3.8, 4) is 5.75 Å². The van der Waals surface area contributed by atoms with Crippen LogP contribution in [0.3, 0.4) is 0 Å². The molecule has 2 heterocycles. The number of carbonyl (C=O) groups is 2. The van der Waals surface area contributed by atoms with Gasteiger partial charge in [0.15, 0.2) is 0 Å². The quantitative estimate of drug-likeness (QED) is 0.290. The molecule has 0 aliphatic rings. The smallest absolute Gasteiger partial charge is 0.307 e. The number of anilines is 2. The van der Waals surface area contributed by atoms with Crippen molar-refractivity contribution in [2.75, 3.05) is 18.2 Å². The van der Waals surface area contributed by atoms with E-state index in [0.29, 0.717) is 40.0 Å². The minimum absolute atomic E-state index is 0.0406. The molecule has 168 valence electrons. The van der Waals surface area contributed by atoms with Gasteiger partial charge in [0.2, 0.25) is 5.95 Å². The Morgan fingerprint density at radius 2 is 1.91 bits per heavy atom. The number of hydrogen-bond donors (Lipinski definition) is 5. The van der Waals surface area contributed by atoms with E-state index in [1.54, 1.807) is 48.7 Å². The lowest BCUT2D eigenvalue weighted by Gasteiger charge is -2.12. The minimum atomic E-state index is -1.01. The number of carbonyl (C=O) groups excluding carboxylic acids is 1. The number of rotatable bonds is 7. The second-order valence-electron chi connectivity index (χ2n) is 7.41. The normalized spacial score (nSPS) is 10.8. The number of carboxylic acid groups (broad SMARTS) is 1. The maximum Gasteiger partial charge on any atom is 0.307 e. The summed E-state index contributed by atoms with van der Waals surface area (Å²) in [4.78, 5) is 45.7. The topological polar surface area (TPSA) is 163 Å². The summed E-state index contributed by atoms with van der Waals surface area (Å²) in [7, 11) is 1.49. The fourth-order valence-corrected chi connectivity index (χ4v) is 3.56. The van der Waals surface area contributed by atoms with Crippen molar-refractivity contribution in [3.63, 3.8) is 0 Å². The van der Waals surface area contributed by atoms with E-state index < -0.39 is 5.97 Å². The van der Waals surface area contributed by atoms with Crippen molar-refractivity contribution < 1.29 is 19.4 Å². The molecule has 0 fully saturated rings. The monoisotopic (exact) mass is 447 g/mol. The molecule has 0 spiro atoms. The van der Waals surface area contributed by atoms with Crippen LogP contribution in [0.4, 0.5) is 11.6 Å². The number of aliphatic carboxylic acids is 1. The molecule has 0 aliphatic carbocycles. The summed E-state index contributed by atoms with van der Waals surface area (Å²) in [6.07, 6.45) is 1.93. The van der Waals surface area contributed by atoms with E-state index in [2.05, 4.69) is 20.3 Å². The Labute approximate surface area is 187 Å². The Bertz CT molecular complexity index is 1410. The first kappa shape index (κ1) is 21.6. The van der Waals surface area contributed by atoms with E-state index >= 15 is 0 Å². The first-order valence-electron chi connectivity index (χ1n) is 9.99. The Kier molecular flexibility index (Phi) is 5.81. The number of aromatic nitrogens is 3. The van der Waals surface area contributed by atoms with Crippen LogP contribution in [-0.2, 0) is 17.6 Å². The molecular weight excluding hydrogens is 426 g/mol. The standard InChI is InChI=1S/C23H21N5O5/c1-33-16-7-6-14(9-18(29)30)17(10-16)26-21(31)13-4-2-12(3-5-13)8-15-11-25-20-19(15)22(32)28-23(24)27-20/h2-7,10-11H,8-9H2,1H3,(H,26,31)(H,29,30)(H4,24,25,27,28,32). The molecule has 0 radical (unpaired) electrons. The number of ether oxygens (including phenoxy) is 1. The molecule has 0 unspecified atom stereocenters. The molecule has 4 rings (SSSR count). The fraction of sp³-hybridized carbons (Fsp3) is 0.130. The summed E-state index contributed by atoms with van der Waals surface area (Å²) in [6.45, 7) is 0. The number of H-pyrrole nitrogens is 2. The maximum absolute atomic E-state index is 12.8. The van der Waals surface area contributed by atoms with Crippen molar-refractivity contribution in [3.05, 3.63) is 81.3 Å². The number of carboxylic acids is 1. The maximum atomic E-state index is 12.8. The molecule has 4 aromatic rings. The van der Waals surface area contributed by atoms with Gasteiger partial charge in [0.05, 0.1) is 18.9 Å². The van der Waals surface area contributed by atoms with Gasteiger partial charge in [0, 0.05) is 23.5 Å². The Morgan fingerprint density at radius 3 is 2.61 bits per heavy atom. The number of nitrogens with one attached hydrogen (secondary N) is 3. The third-order valence-corrected chi connectivity index (χ3v) is 5.16. The zero-order chi connectivity index (χ0) is 23.5. The third-order valence-electron chi connectivity index (χ3n) is 5.16. The SMILES string of the molecule is COc1ccc(CC(=O)O)c(NC(=O)c2ccc(Cc3c[nH]c4nc(N)[nH]c(=O)c34)cc2)c1. The van der Waals surface area contributed by atoms with E-state index in [4.69, 9.17) is 15.6 Å². The number of benzene rings is 2. The molecule has 10 heteroatoms. The number of fused-ring (bicyclic) bond motifs is 1. The number of hydrogen-bond acceptors (Lipinski definition) is 6. The summed E-state index contributed by atoms with van der Waals surface area (Å²) in [5.41, 5.74) is 8.54. The average molecular weight is 447 g/mol. The number of nitrogen functional groups attached to an aromatic ring is 1. The minimum Gasteiger partial charge on any atom is -0.497 e. The van der Waals surface area contributed by atoms with Crippen LogP contribution in [0.2, 0.25) is 0 Å².